The van der Waals surface area contributed by atoms with E-state index in [1.165, 1.54) is 24.6 Å². The molecule has 0 aliphatic rings. The molecule has 7 heteroatoms. The van der Waals surface area contributed by atoms with Gasteiger partial charge in [0, 0.05) is 5.92 Å². The van der Waals surface area contributed by atoms with E-state index in [0.29, 0.717) is 16.2 Å². The Hall–Kier alpha value is -2.41. The molecular weight excluding hydrogens is 316 g/mol. The zero-order valence-electron chi connectivity index (χ0n) is 13.1. The number of aliphatic carboxylic acids is 1. The standard InChI is InChI=1S/C16H18N2O4S/c1-9(2)15-17-8-12(23-15)14(19)18-13(16(20)21)10-4-6-11(22-3)7-5-10/h4-9,13H,1-3H3,(H,18,19)(H,20,21). The lowest BCUT2D eigenvalue weighted by atomic mass is 10.1. The second kappa shape index (κ2) is 7.23. The summed E-state index contributed by atoms with van der Waals surface area (Å²) >= 11 is 1.27. The van der Waals surface area contributed by atoms with Crippen LogP contribution in [-0.4, -0.2) is 29.1 Å². The van der Waals surface area contributed by atoms with Gasteiger partial charge < -0.3 is 15.2 Å². The fourth-order valence-corrected chi connectivity index (χ4v) is 2.77. The van der Waals surface area contributed by atoms with Crippen molar-refractivity contribution < 1.29 is 19.4 Å². The smallest absolute Gasteiger partial charge is 0.330 e. The highest BCUT2D eigenvalue weighted by Gasteiger charge is 2.24. The molecular formula is C16H18N2O4S. The molecule has 0 bridgehead atoms. The Morgan fingerprint density at radius 2 is 1.91 bits per heavy atom. The van der Waals surface area contributed by atoms with Crippen LogP contribution in [0.25, 0.3) is 0 Å². The molecule has 0 aliphatic heterocycles. The molecule has 0 saturated heterocycles. The molecule has 1 heterocycles. The van der Waals surface area contributed by atoms with E-state index in [9.17, 15) is 14.7 Å². The molecule has 6 nitrogen and oxygen atoms in total. The normalized spacial score (nSPS) is 12.0. The van der Waals surface area contributed by atoms with Gasteiger partial charge in [-0.3, -0.25) is 4.79 Å². The highest BCUT2D eigenvalue weighted by molar-refractivity contribution is 7.13. The van der Waals surface area contributed by atoms with Crippen LogP contribution >= 0.6 is 11.3 Å². The van der Waals surface area contributed by atoms with Gasteiger partial charge in [-0.2, -0.15) is 0 Å². The molecule has 1 atom stereocenters. The second-order valence-corrected chi connectivity index (χ2v) is 6.30. The van der Waals surface area contributed by atoms with E-state index in [0.717, 1.165) is 5.01 Å². The fourth-order valence-electron chi connectivity index (χ4n) is 1.95. The summed E-state index contributed by atoms with van der Waals surface area (Å²) in [6.45, 7) is 3.97. The highest BCUT2D eigenvalue weighted by atomic mass is 32.1. The molecule has 0 saturated carbocycles. The first-order valence-electron chi connectivity index (χ1n) is 7.05. The predicted molar refractivity (Wildman–Crippen MR) is 87.0 cm³/mol. The lowest BCUT2D eigenvalue weighted by Gasteiger charge is -2.14. The Morgan fingerprint density at radius 3 is 2.39 bits per heavy atom. The third-order valence-corrected chi connectivity index (χ3v) is 4.51. The van der Waals surface area contributed by atoms with Gasteiger partial charge in [-0.15, -0.1) is 11.3 Å². The minimum atomic E-state index is -1.13. The predicted octanol–water partition coefficient (Wildman–Crippen LogP) is 2.83. The number of hydrogen-bond donors (Lipinski definition) is 2. The van der Waals surface area contributed by atoms with Crippen LogP contribution in [0.15, 0.2) is 30.5 Å². The van der Waals surface area contributed by atoms with Crippen LogP contribution < -0.4 is 10.1 Å². The molecule has 1 aromatic carbocycles. The number of carbonyl (C=O) groups excluding carboxylic acids is 1. The number of ether oxygens (including phenoxy) is 1. The van der Waals surface area contributed by atoms with E-state index in [-0.39, 0.29) is 5.92 Å². The Morgan fingerprint density at radius 1 is 1.26 bits per heavy atom. The van der Waals surface area contributed by atoms with Crippen LogP contribution in [0.1, 0.15) is 46.0 Å². The number of carboxylic acids is 1. The SMILES string of the molecule is COc1ccc(C(NC(=O)c2cnc(C(C)C)s2)C(=O)O)cc1. The maximum atomic E-state index is 12.3. The van der Waals surface area contributed by atoms with Crippen molar-refractivity contribution in [3.05, 3.63) is 45.9 Å². The first-order chi connectivity index (χ1) is 10.9. The van der Waals surface area contributed by atoms with Crippen LogP contribution in [-0.2, 0) is 4.79 Å². The maximum Gasteiger partial charge on any atom is 0.330 e. The first kappa shape index (κ1) is 17.0. The van der Waals surface area contributed by atoms with Gasteiger partial charge in [-0.1, -0.05) is 26.0 Å². The monoisotopic (exact) mass is 334 g/mol. The van der Waals surface area contributed by atoms with Crippen LogP contribution in [0.4, 0.5) is 0 Å². The number of amides is 1. The van der Waals surface area contributed by atoms with Gasteiger partial charge in [0.2, 0.25) is 0 Å². The Labute approximate surface area is 138 Å². The average molecular weight is 334 g/mol. The summed E-state index contributed by atoms with van der Waals surface area (Å²) < 4.78 is 5.04. The van der Waals surface area contributed by atoms with E-state index in [1.54, 1.807) is 24.3 Å². The lowest BCUT2D eigenvalue weighted by molar-refractivity contribution is -0.139. The van der Waals surface area contributed by atoms with Crippen molar-refractivity contribution in [1.82, 2.24) is 10.3 Å². The number of carboxylic acid groups (broad SMARTS) is 1. The third kappa shape index (κ3) is 4.07. The molecule has 23 heavy (non-hydrogen) atoms. The second-order valence-electron chi connectivity index (χ2n) is 5.24. The van der Waals surface area contributed by atoms with E-state index in [2.05, 4.69) is 10.3 Å². The number of thiazole rings is 1. The number of nitrogens with zero attached hydrogens (tertiary/aromatic N) is 1. The summed E-state index contributed by atoms with van der Waals surface area (Å²) in [4.78, 5) is 28.3. The average Bonchev–Trinajstić information content (AvgIpc) is 3.02. The maximum absolute atomic E-state index is 12.3. The Balaban J connectivity index is 2.17. The van der Waals surface area contributed by atoms with Crippen LogP contribution in [0.5, 0.6) is 5.75 Å². The van der Waals surface area contributed by atoms with Crippen molar-refractivity contribution in [1.29, 1.82) is 0 Å². The summed E-state index contributed by atoms with van der Waals surface area (Å²) in [6.07, 6.45) is 1.47. The Bertz CT molecular complexity index is 694. The van der Waals surface area contributed by atoms with Crippen molar-refractivity contribution in [3.8, 4) is 5.75 Å². The summed E-state index contributed by atoms with van der Waals surface area (Å²) in [5.74, 6) is -0.735. The van der Waals surface area contributed by atoms with Crippen molar-refractivity contribution in [2.24, 2.45) is 0 Å². The molecule has 1 amide bonds. The van der Waals surface area contributed by atoms with E-state index in [4.69, 9.17) is 4.74 Å². The molecule has 1 aromatic heterocycles. The van der Waals surface area contributed by atoms with E-state index in [1.807, 2.05) is 13.8 Å². The highest BCUT2D eigenvalue weighted by Crippen LogP contribution is 2.23. The number of rotatable bonds is 6. The topological polar surface area (TPSA) is 88.5 Å². The number of benzene rings is 1. The number of carbonyl (C=O) groups is 2. The fraction of sp³-hybridized carbons (Fsp3) is 0.312. The summed E-state index contributed by atoms with van der Waals surface area (Å²) in [7, 11) is 1.53. The first-order valence-corrected chi connectivity index (χ1v) is 7.87. The number of hydrogen-bond acceptors (Lipinski definition) is 5. The van der Waals surface area contributed by atoms with Gasteiger partial charge in [-0.25, -0.2) is 9.78 Å². The molecule has 0 radical (unpaired) electrons. The Kier molecular flexibility index (Phi) is 5.33. The number of aromatic nitrogens is 1. The van der Waals surface area contributed by atoms with Gasteiger partial charge in [0.1, 0.15) is 10.6 Å². The van der Waals surface area contributed by atoms with Crippen LogP contribution in [0, 0.1) is 0 Å². The molecule has 122 valence electrons. The quantitative estimate of drug-likeness (QED) is 0.848. The summed E-state index contributed by atoms with van der Waals surface area (Å²) in [5, 5.41) is 12.8. The number of methoxy groups -OCH3 is 1. The van der Waals surface area contributed by atoms with Crippen LogP contribution in [0.2, 0.25) is 0 Å². The minimum absolute atomic E-state index is 0.221. The summed E-state index contributed by atoms with van der Waals surface area (Å²) in [5.41, 5.74) is 0.472. The van der Waals surface area contributed by atoms with Gasteiger partial charge in [-0.05, 0) is 17.7 Å². The van der Waals surface area contributed by atoms with Gasteiger partial charge in [0.25, 0.3) is 5.91 Å². The van der Waals surface area contributed by atoms with Gasteiger partial charge in [0.05, 0.1) is 18.3 Å². The van der Waals surface area contributed by atoms with Crippen molar-refractivity contribution in [2.45, 2.75) is 25.8 Å². The molecule has 2 rings (SSSR count). The molecule has 0 fully saturated rings. The molecule has 2 aromatic rings. The molecule has 0 aliphatic carbocycles. The zero-order chi connectivity index (χ0) is 17.0. The van der Waals surface area contributed by atoms with Gasteiger partial charge in [0.15, 0.2) is 6.04 Å². The molecule has 1 unspecified atom stereocenters. The van der Waals surface area contributed by atoms with E-state index < -0.39 is 17.9 Å². The van der Waals surface area contributed by atoms with Crippen LogP contribution in [0.3, 0.4) is 0 Å². The molecule has 2 N–H and O–H groups in total. The third-order valence-electron chi connectivity index (χ3n) is 3.21. The number of nitrogens with one attached hydrogen (secondary N) is 1. The van der Waals surface area contributed by atoms with Crippen molar-refractivity contribution in [3.63, 3.8) is 0 Å². The largest absolute Gasteiger partial charge is 0.497 e. The van der Waals surface area contributed by atoms with Crippen molar-refractivity contribution in [2.75, 3.05) is 7.11 Å². The molecule has 0 spiro atoms. The zero-order valence-corrected chi connectivity index (χ0v) is 13.9. The lowest BCUT2D eigenvalue weighted by Crippen LogP contribution is -2.33. The van der Waals surface area contributed by atoms with Gasteiger partial charge >= 0.3 is 5.97 Å². The summed E-state index contributed by atoms with van der Waals surface area (Å²) in [6, 6.07) is 5.41. The van der Waals surface area contributed by atoms with Crippen molar-refractivity contribution >= 4 is 23.2 Å². The van der Waals surface area contributed by atoms with E-state index >= 15 is 0 Å². The minimum Gasteiger partial charge on any atom is -0.497 e.